The fraction of sp³-hybridized carbons (Fsp3) is 0.324. The van der Waals surface area contributed by atoms with Crippen LogP contribution in [0.25, 0.3) is 0 Å². The molecule has 2 aliphatic heterocycles. The van der Waals surface area contributed by atoms with Crippen LogP contribution in [0.4, 0.5) is 11.4 Å². The maximum Gasteiger partial charge on any atom is 0.264 e. The Morgan fingerprint density at radius 1 is 1.12 bits per heavy atom. The number of ether oxygens (including phenoxy) is 1. The number of hydrogen-bond donors (Lipinski definition) is 3. The molecule has 224 valence electrons. The monoisotopic (exact) mass is 583 g/mol. The topological polar surface area (TPSA) is 119 Å². The van der Waals surface area contributed by atoms with Crippen molar-refractivity contribution in [2.75, 3.05) is 30.5 Å². The third kappa shape index (κ3) is 6.04. The SMILES string of the molecule is COc1ccc2c(c1)[C@](O)([C@@H](C)/C=C/CC(=O)N1CCC[C@H]1CO)C(=O)N2Cc1ccc(NC(=O)c2ccccc2)cc1. The van der Waals surface area contributed by atoms with Crippen molar-refractivity contribution in [2.24, 2.45) is 5.92 Å². The Labute approximate surface area is 251 Å². The molecule has 1 saturated heterocycles. The summed E-state index contributed by atoms with van der Waals surface area (Å²) >= 11 is 0. The summed E-state index contributed by atoms with van der Waals surface area (Å²) in [6.45, 7) is 2.53. The van der Waals surface area contributed by atoms with E-state index in [0.717, 1.165) is 18.4 Å². The zero-order valence-electron chi connectivity index (χ0n) is 24.4. The molecule has 0 spiro atoms. The van der Waals surface area contributed by atoms with Crippen molar-refractivity contribution in [1.29, 1.82) is 0 Å². The number of nitrogens with one attached hydrogen (secondary N) is 1. The molecule has 0 saturated carbocycles. The van der Waals surface area contributed by atoms with Crippen LogP contribution < -0.4 is 15.0 Å². The Morgan fingerprint density at radius 3 is 2.56 bits per heavy atom. The Kier molecular flexibility index (Phi) is 8.94. The second-order valence-corrected chi connectivity index (χ2v) is 11.0. The first-order valence-corrected chi connectivity index (χ1v) is 14.5. The van der Waals surface area contributed by atoms with E-state index in [1.807, 2.05) is 18.2 Å². The van der Waals surface area contributed by atoms with Gasteiger partial charge in [-0.3, -0.25) is 14.4 Å². The number of carbonyl (C=O) groups excluding carboxylic acids is 3. The number of methoxy groups -OCH3 is 1. The Morgan fingerprint density at radius 2 is 1.86 bits per heavy atom. The van der Waals surface area contributed by atoms with Crippen LogP contribution in [0.3, 0.4) is 0 Å². The first-order valence-electron chi connectivity index (χ1n) is 14.5. The zero-order chi connectivity index (χ0) is 30.6. The minimum absolute atomic E-state index is 0.0559. The van der Waals surface area contributed by atoms with Crippen molar-refractivity contribution in [3.8, 4) is 5.75 Å². The molecule has 0 aromatic heterocycles. The summed E-state index contributed by atoms with van der Waals surface area (Å²) in [4.78, 5) is 42.4. The molecule has 5 rings (SSSR count). The lowest BCUT2D eigenvalue weighted by molar-refractivity contribution is -0.139. The maximum atomic E-state index is 13.9. The van der Waals surface area contributed by atoms with Crippen molar-refractivity contribution >= 4 is 29.1 Å². The van der Waals surface area contributed by atoms with E-state index in [1.165, 1.54) is 7.11 Å². The molecule has 3 atom stereocenters. The number of aliphatic hydroxyl groups excluding tert-OH is 1. The fourth-order valence-corrected chi connectivity index (χ4v) is 5.86. The van der Waals surface area contributed by atoms with Gasteiger partial charge in [0.2, 0.25) is 5.91 Å². The number of aliphatic hydroxyl groups is 2. The van der Waals surface area contributed by atoms with Crippen molar-refractivity contribution in [3.05, 3.63) is 102 Å². The van der Waals surface area contributed by atoms with Crippen LogP contribution in [-0.4, -0.2) is 59.1 Å². The molecular weight excluding hydrogens is 546 g/mol. The van der Waals surface area contributed by atoms with Gasteiger partial charge in [0.1, 0.15) is 5.75 Å². The molecule has 0 aliphatic carbocycles. The van der Waals surface area contributed by atoms with Crippen LogP contribution in [0.15, 0.2) is 84.9 Å². The summed E-state index contributed by atoms with van der Waals surface area (Å²) in [5, 5.41) is 24.4. The number of benzene rings is 3. The average molecular weight is 584 g/mol. The number of rotatable bonds is 10. The molecule has 3 N–H and O–H groups in total. The summed E-state index contributed by atoms with van der Waals surface area (Å²) in [5.74, 6) is -0.905. The first-order chi connectivity index (χ1) is 20.8. The van der Waals surface area contributed by atoms with E-state index < -0.39 is 17.4 Å². The molecule has 3 amide bonds. The lowest BCUT2D eigenvalue weighted by atomic mass is 9.83. The quantitative estimate of drug-likeness (QED) is 0.307. The van der Waals surface area contributed by atoms with Gasteiger partial charge in [0.15, 0.2) is 5.60 Å². The molecule has 0 unspecified atom stereocenters. The van der Waals surface area contributed by atoms with Crippen molar-refractivity contribution in [2.45, 2.75) is 44.4 Å². The predicted octanol–water partition coefficient (Wildman–Crippen LogP) is 4.25. The number of carbonyl (C=O) groups is 3. The largest absolute Gasteiger partial charge is 0.497 e. The standard InChI is InChI=1S/C34H37N3O6/c1-23(8-6-12-31(39)36-19-7-11-27(36)22-38)34(42)29-20-28(43-2)17-18-30(29)37(33(34)41)21-24-13-15-26(16-14-24)35-32(40)25-9-4-3-5-10-25/h3-6,8-10,13-18,20,23,27,38,42H,7,11-12,19,21-22H2,1-2H3,(H,35,40)/b8-6+/t23-,27-,34+/m0/s1. The van der Waals surface area contributed by atoms with Gasteiger partial charge < -0.3 is 30.1 Å². The van der Waals surface area contributed by atoms with Gasteiger partial charge >= 0.3 is 0 Å². The number of fused-ring (bicyclic) bond motifs is 1. The van der Waals surface area contributed by atoms with Gasteiger partial charge in [-0.05, 0) is 60.9 Å². The lowest BCUT2D eigenvalue weighted by Crippen LogP contribution is -2.44. The molecule has 3 aromatic carbocycles. The number of anilines is 2. The normalized spacial score (nSPS) is 20.4. The van der Waals surface area contributed by atoms with Gasteiger partial charge in [0, 0.05) is 35.7 Å². The van der Waals surface area contributed by atoms with Crippen LogP contribution >= 0.6 is 0 Å². The van der Waals surface area contributed by atoms with Crippen LogP contribution in [-0.2, 0) is 21.7 Å². The lowest BCUT2D eigenvalue weighted by Gasteiger charge is -2.28. The van der Waals surface area contributed by atoms with Crippen LogP contribution in [0.5, 0.6) is 5.75 Å². The molecule has 1 fully saturated rings. The van der Waals surface area contributed by atoms with Gasteiger partial charge in [-0.25, -0.2) is 0 Å². The Balaban J connectivity index is 1.32. The maximum absolute atomic E-state index is 13.9. The van der Waals surface area contributed by atoms with Crippen molar-refractivity contribution < 1.29 is 29.3 Å². The zero-order valence-corrected chi connectivity index (χ0v) is 24.4. The smallest absolute Gasteiger partial charge is 0.264 e. The van der Waals surface area contributed by atoms with E-state index in [2.05, 4.69) is 5.32 Å². The molecule has 2 aliphatic rings. The van der Waals surface area contributed by atoms with Crippen LogP contribution in [0.2, 0.25) is 0 Å². The molecule has 9 nitrogen and oxygen atoms in total. The summed E-state index contributed by atoms with van der Waals surface area (Å²) in [5.41, 5.74) is 1.14. The fourth-order valence-electron chi connectivity index (χ4n) is 5.86. The highest BCUT2D eigenvalue weighted by molar-refractivity contribution is 6.07. The Hall–Kier alpha value is -4.47. The molecule has 3 aromatic rings. The molecule has 0 bridgehead atoms. The van der Waals surface area contributed by atoms with E-state index in [1.54, 1.807) is 83.5 Å². The van der Waals surface area contributed by atoms with E-state index in [-0.39, 0.29) is 37.4 Å². The second-order valence-electron chi connectivity index (χ2n) is 11.0. The van der Waals surface area contributed by atoms with E-state index in [4.69, 9.17) is 4.74 Å². The highest BCUT2D eigenvalue weighted by Crippen LogP contribution is 2.47. The molecule has 9 heteroatoms. The Bertz CT molecular complexity index is 1510. The third-order valence-corrected chi connectivity index (χ3v) is 8.35. The molecule has 2 heterocycles. The van der Waals surface area contributed by atoms with Gasteiger partial charge in [0.05, 0.1) is 32.0 Å². The number of nitrogens with zero attached hydrogens (tertiary/aromatic N) is 2. The van der Waals surface area contributed by atoms with E-state index in [0.29, 0.717) is 34.8 Å². The van der Waals surface area contributed by atoms with Gasteiger partial charge in [0.25, 0.3) is 11.8 Å². The highest BCUT2D eigenvalue weighted by Gasteiger charge is 2.52. The summed E-state index contributed by atoms with van der Waals surface area (Å²) in [6.07, 6.45) is 5.17. The third-order valence-electron chi connectivity index (χ3n) is 8.35. The number of hydrogen-bond acceptors (Lipinski definition) is 6. The number of amides is 3. The minimum Gasteiger partial charge on any atom is -0.497 e. The van der Waals surface area contributed by atoms with E-state index >= 15 is 0 Å². The first kappa shape index (κ1) is 30.0. The van der Waals surface area contributed by atoms with Crippen LogP contribution in [0, 0.1) is 5.92 Å². The second kappa shape index (κ2) is 12.8. The van der Waals surface area contributed by atoms with Gasteiger partial charge in [-0.1, -0.05) is 49.4 Å². The summed E-state index contributed by atoms with van der Waals surface area (Å²) < 4.78 is 5.40. The van der Waals surface area contributed by atoms with Gasteiger partial charge in [-0.15, -0.1) is 0 Å². The summed E-state index contributed by atoms with van der Waals surface area (Å²) in [6, 6.07) is 21.2. The predicted molar refractivity (Wildman–Crippen MR) is 164 cm³/mol. The molecule has 43 heavy (non-hydrogen) atoms. The average Bonchev–Trinajstić information content (AvgIpc) is 3.60. The van der Waals surface area contributed by atoms with Crippen molar-refractivity contribution in [3.63, 3.8) is 0 Å². The number of likely N-dealkylation sites (tertiary alicyclic amines) is 1. The van der Waals surface area contributed by atoms with Crippen molar-refractivity contribution in [1.82, 2.24) is 4.90 Å². The van der Waals surface area contributed by atoms with Gasteiger partial charge in [-0.2, -0.15) is 0 Å². The summed E-state index contributed by atoms with van der Waals surface area (Å²) in [7, 11) is 1.53. The van der Waals surface area contributed by atoms with Crippen LogP contribution in [0.1, 0.15) is 47.7 Å². The highest BCUT2D eigenvalue weighted by atomic mass is 16.5. The molecular formula is C34H37N3O6. The minimum atomic E-state index is -1.87. The van der Waals surface area contributed by atoms with E-state index in [9.17, 15) is 24.6 Å². The molecule has 0 radical (unpaired) electrons.